The van der Waals surface area contributed by atoms with Gasteiger partial charge in [0, 0.05) is 13.3 Å². The number of phenols is 1. The zero-order valence-corrected chi connectivity index (χ0v) is 19.2. The minimum Gasteiger partial charge on any atom is -0.506 e. The molecule has 0 spiro atoms. The molecule has 2 aliphatic rings. The maximum absolute atomic E-state index is 13.3. The Morgan fingerprint density at radius 3 is 2.44 bits per heavy atom. The minimum absolute atomic E-state index is 0.0629. The van der Waals surface area contributed by atoms with Crippen LogP contribution in [-0.2, 0) is 43.0 Å². The van der Waals surface area contributed by atoms with E-state index in [4.69, 9.17) is 19.0 Å². The zero-order chi connectivity index (χ0) is 25.3. The second-order valence-corrected chi connectivity index (χ2v) is 8.81. The molecule has 0 radical (unpaired) electrons. The van der Waals surface area contributed by atoms with Gasteiger partial charge in [-0.15, -0.1) is 0 Å². The number of hydrogen-bond donors (Lipinski definition) is 1. The summed E-state index contributed by atoms with van der Waals surface area (Å²) in [6.07, 6.45) is -0.475. The largest absolute Gasteiger partial charge is 0.506 e. The van der Waals surface area contributed by atoms with Gasteiger partial charge in [-0.2, -0.15) is 5.06 Å². The van der Waals surface area contributed by atoms with E-state index in [0.717, 1.165) is 4.90 Å². The number of hydroxylamine groups is 2. The van der Waals surface area contributed by atoms with Gasteiger partial charge in [0.2, 0.25) is 12.7 Å². The summed E-state index contributed by atoms with van der Waals surface area (Å²) in [5.41, 5.74) is -3.03. The van der Waals surface area contributed by atoms with E-state index >= 15 is 0 Å². The molecule has 0 bridgehead atoms. The van der Waals surface area contributed by atoms with Crippen LogP contribution < -0.4 is 4.90 Å². The summed E-state index contributed by atoms with van der Waals surface area (Å²) in [5.74, 6) is -4.26. The van der Waals surface area contributed by atoms with Gasteiger partial charge in [0.25, 0.3) is 5.91 Å². The summed E-state index contributed by atoms with van der Waals surface area (Å²) in [4.78, 5) is 68.9. The van der Waals surface area contributed by atoms with Crippen LogP contribution in [0.25, 0.3) is 0 Å². The van der Waals surface area contributed by atoms with Crippen molar-refractivity contribution >= 4 is 35.4 Å². The third kappa shape index (κ3) is 4.67. The van der Waals surface area contributed by atoms with Gasteiger partial charge < -0.3 is 19.3 Å². The Hall–Kier alpha value is -3.67. The second kappa shape index (κ2) is 9.29. The van der Waals surface area contributed by atoms with Crippen LogP contribution in [0.4, 0.5) is 5.69 Å². The van der Waals surface area contributed by atoms with Crippen LogP contribution in [0, 0.1) is 5.41 Å². The normalized spacial score (nSPS) is 22.4. The van der Waals surface area contributed by atoms with E-state index in [1.807, 2.05) is 0 Å². The summed E-state index contributed by atoms with van der Waals surface area (Å²) in [6, 6.07) is 4.65. The maximum atomic E-state index is 13.3. The van der Waals surface area contributed by atoms with Gasteiger partial charge in [0.05, 0.1) is 17.5 Å². The Kier molecular flexibility index (Phi) is 6.82. The number of carbonyl (C=O) groups is 5. The Morgan fingerprint density at radius 2 is 1.88 bits per heavy atom. The molecule has 12 nitrogen and oxygen atoms in total. The van der Waals surface area contributed by atoms with E-state index in [1.165, 1.54) is 19.1 Å². The number of rotatable bonds is 6. The van der Waals surface area contributed by atoms with Crippen LogP contribution >= 0.6 is 0 Å². The monoisotopic (exact) mass is 478 g/mol. The molecule has 3 rings (SSSR count). The van der Waals surface area contributed by atoms with E-state index in [-0.39, 0.29) is 30.9 Å². The first-order valence-electron chi connectivity index (χ1n) is 10.5. The molecule has 2 saturated heterocycles. The molecule has 2 fully saturated rings. The predicted molar refractivity (Wildman–Crippen MR) is 112 cm³/mol. The topological polar surface area (TPSA) is 149 Å². The van der Waals surface area contributed by atoms with Gasteiger partial charge >= 0.3 is 23.6 Å². The van der Waals surface area contributed by atoms with Crippen molar-refractivity contribution in [2.45, 2.75) is 52.3 Å². The van der Waals surface area contributed by atoms with Crippen LogP contribution in [0.15, 0.2) is 24.3 Å². The molecule has 34 heavy (non-hydrogen) atoms. The van der Waals surface area contributed by atoms with Crippen molar-refractivity contribution in [1.82, 2.24) is 5.06 Å². The lowest BCUT2D eigenvalue weighted by molar-refractivity contribution is -0.262. The van der Waals surface area contributed by atoms with E-state index in [1.54, 1.807) is 32.9 Å². The molecule has 12 heteroatoms. The highest BCUT2D eigenvalue weighted by molar-refractivity contribution is 6.02. The lowest BCUT2D eigenvalue weighted by atomic mass is 9.98. The number of anilines is 1. The Morgan fingerprint density at radius 1 is 1.21 bits per heavy atom. The molecule has 2 heterocycles. The summed E-state index contributed by atoms with van der Waals surface area (Å²) in [5, 5.41) is 10.8. The fourth-order valence-electron chi connectivity index (χ4n) is 3.50. The van der Waals surface area contributed by atoms with Gasteiger partial charge in [0.15, 0.2) is 0 Å². The fourth-order valence-corrected chi connectivity index (χ4v) is 3.50. The van der Waals surface area contributed by atoms with Gasteiger partial charge in [-0.3, -0.25) is 28.9 Å². The van der Waals surface area contributed by atoms with Gasteiger partial charge in [-0.1, -0.05) is 12.1 Å². The lowest BCUT2D eigenvalue weighted by Crippen LogP contribution is -2.57. The number of hydrogen-bond acceptors (Lipinski definition) is 10. The molecule has 2 amide bonds. The highest BCUT2D eigenvalue weighted by Crippen LogP contribution is 2.37. The van der Waals surface area contributed by atoms with Gasteiger partial charge in [-0.05, 0) is 32.9 Å². The SMILES string of the molecule is CC(=O)N(c1ccccc1O)C1CON(C2(C(=O)OCOC(=O)C(C)(C)C)CCC(=O)O2)C1=O. The summed E-state index contributed by atoms with van der Waals surface area (Å²) in [7, 11) is 0. The van der Waals surface area contributed by atoms with Crippen LogP contribution in [0.2, 0.25) is 0 Å². The number of carbonyl (C=O) groups excluding carboxylic acids is 5. The first-order valence-corrected chi connectivity index (χ1v) is 10.5. The molecule has 0 saturated carbocycles. The number of para-hydroxylation sites is 2. The highest BCUT2D eigenvalue weighted by atomic mass is 16.8. The smallest absolute Gasteiger partial charge is 0.377 e. The Labute approximate surface area is 195 Å². The molecular weight excluding hydrogens is 452 g/mol. The average Bonchev–Trinajstić information content (AvgIpc) is 3.32. The Bertz CT molecular complexity index is 1020. The summed E-state index contributed by atoms with van der Waals surface area (Å²) >= 11 is 0. The highest BCUT2D eigenvalue weighted by Gasteiger charge is 2.61. The third-order valence-corrected chi connectivity index (χ3v) is 5.23. The molecule has 0 aromatic heterocycles. The second-order valence-electron chi connectivity index (χ2n) is 8.81. The minimum atomic E-state index is -2.25. The van der Waals surface area contributed by atoms with Crippen molar-refractivity contribution in [2.75, 3.05) is 18.3 Å². The number of phenolic OH excluding ortho intramolecular Hbond substituents is 1. The molecule has 1 aromatic carbocycles. The first-order chi connectivity index (χ1) is 15.9. The summed E-state index contributed by atoms with van der Waals surface area (Å²) < 4.78 is 15.1. The van der Waals surface area contributed by atoms with Crippen LogP contribution in [-0.4, -0.2) is 65.1 Å². The third-order valence-electron chi connectivity index (χ3n) is 5.23. The predicted octanol–water partition coefficient (Wildman–Crippen LogP) is 1.01. The molecule has 2 unspecified atom stereocenters. The molecule has 2 atom stereocenters. The van der Waals surface area contributed by atoms with Crippen molar-refractivity contribution in [1.29, 1.82) is 0 Å². The van der Waals surface area contributed by atoms with E-state index in [0.29, 0.717) is 5.06 Å². The Balaban J connectivity index is 1.82. The van der Waals surface area contributed by atoms with Crippen molar-refractivity contribution in [3.8, 4) is 5.75 Å². The molecule has 2 aliphatic heterocycles. The molecule has 1 aromatic rings. The van der Waals surface area contributed by atoms with Crippen molar-refractivity contribution < 1.29 is 48.1 Å². The first kappa shape index (κ1) is 25.0. The zero-order valence-electron chi connectivity index (χ0n) is 19.2. The number of amides is 2. The number of ether oxygens (including phenoxy) is 3. The molecule has 1 N–H and O–H groups in total. The van der Waals surface area contributed by atoms with Gasteiger partial charge in [-0.25, -0.2) is 4.79 Å². The molecule has 0 aliphatic carbocycles. The summed E-state index contributed by atoms with van der Waals surface area (Å²) in [6.45, 7) is 4.89. The van der Waals surface area contributed by atoms with Crippen molar-refractivity contribution in [3.05, 3.63) is 24.3 Å². The number of aromatic hydroxyl groups is 1. The van der Waals surface area contributed by atoms with Crippen LogP contribution in [0.1, 0.15) is 40.5 Å². The average molecular weight is 478 g/mol. The number of esters is 3. The lowest BCUT2D eigenvalue weighted by Gasteiger charge is -2.33. The molecule has 184 valence electrons. The van der Waals surface area contributed by atoms with E-state index in [2.05, 4.69) is 0 Å². The fraction of sp³-hybridized carbons (Fsp3) is 0.500. The van der Waals surface area contributed by atoms with Crippen molar-refractivity contribution in [3.63, 3.8) is 0 Å². The standard InChI is InChI=1S/C22H26N2O10/c1-13(25)23(14-7-5-6-8-16(14)26)15-11-33-24(18(15)28)22(10-9-17(27)34-22)20(30)32-12-31-19(29)21(2,3)4/h5-8,15,26H,9-12H2,1-4H3. The number of benzene rings is 1. The van der Waals surface area contributed by atoms with Gasteiger partial charge in [0.1, 0.15) is 18.4 Å². The quantitative estimate of drug-likeness (QED) is 0.464. The van der Waals surface area contributed by atoms with E-state index in [9.17, 15) is 29.1 Å². The van der Waals surface area contributed by atoms with E-state index < -0.39 is 53.7 Å². The van der Waals surface area contributed by atoms with Crippen LogP contribution in [0.3, 0.4) is 0 Å². The number of nitrogens with zero attached hydrogens (tertiary/aromatic N) is 2. The molecular formula is C22H26N2O10. The van der Waals surface area contributed by atoms with Crippen molar-refractivity contribution in [2.24, 2.45) is 5.41 Å². The maximum Gasteiger partial charge on any atom is 0.377 e. The number of cyclic esters (lactones) is 1. The van der Waals surface area contributed by atoms with Crippen LogP contribution in [0.5, 0.6) is 5.75 Å².